The highest BCUT2D eigenvalue weighted by molar-refractivity contribution is 7.88. The summed E-state index contributed by atoms with van der Waals surface area (Å²) in [6.07, 6.45) is 7.16. The first-order valence-electron chi connectivity index (χ1n) is 11.8. The first-order chi connectivity index (χ1) is 16.5. The highest BCUT2D eigenvalue weighted by Crippen LogP contribution is 2.36. The minimum absolute atomic E-state index is 0.0261. The van der Waals surface area contributed by atoms with Crippen molar-refractivity contribution in [1.82, 2.24) is 19.1 Å². The maximum absolute atomic E-state index is 12.7. The van der Waals surface area contributed by atoms with Gasteiger partial charge in [-0.3, -0.25) is 9.48 Å². The van der Waals surface area contributed by atoms with Gasteiger partial charge in [0.1, 0.15) is 5.39 Å². The molecule has 2 N–H and O–H groups in total. The van der Waals surface area contributed by atoms with Gasteiger partial charge in [0.2, 0.25) is 10.0 Å². The van der Waals surface area contributed by atoms with E-state index in [2.05, 4.69) is 16.4 Å². The molecule has 2 unspecified atom stereocenters. The first kappa shape index (κ1) is 22.6. The van der Waals surface area contributed by atoms with Crippen LogP contribution in [0.25, 0.3) is 10.9 Å². The van der Waals surface area contributed by atoms with E-state index in [1.165, 1.54) is 0 Å². The fraction of sp³-hybridized carbons (Fsp3) is 0.458. The number of aromatic nitrogens is 3. The molecule has 2 aromatic heterocycles. The van der Waals surface area contributed by atoms with Crippen LogP contribution in [-0.4, -0.2) is 40.6 Å². The van der Waals surface area contributed by atoms with Gasteiger partial charge in [0.25, 0.3) is 5.56 Å². The molecule has 1 aliphatic heterocycles. The molecule has 1 aliphatic carbocycles. The Labute approximate surface area is 198 Å². The van der Waals surface area contributed by atoms with Crippen molar-refractivity contribution in [2.45, 2.75) is 50.3 Å². The van der Waals surface area contributed by atoms with Crippen LogP contribution in [0, 0.1) is 17.2 Å². The molecule has 1 saturated carbocycles. The molecule has 0 amide bonds. The van der Waals surface area contributed by atoms with Crippen LogP contribution in [0.3, 0.4) is 0 Å². The molecule has 3 heterocycles. The molecule has 0 radical (unpaired) electrons. The topological polar surface area (TPSA) is 124 Å². The summed E-state index contributed by atoms with van der Waals surface area (Å²) in [4.78, 5) is 15.4. The number of H-pyrrole nitrogens is 1. The maximum atomic E-state index is 12.7. The normalized spacial score (nSPS) is 21.5. The molecule has 178 valence electrons. The SMILES string of the molecule is N#CC1CCCCC1n1nc(Nc2ccc(CS(=O)(=O)N3CCCC3)cc2)c2c(=O)[nH]ccc21. The van der Waals surface area contributed by atoms with Gasteiger partial charge in [0.05, 0.1) is 29.3 Å². The second kappa shape index (κ2) is 9.24. The lowest BCUT2D eigenvalue weighted by molar-refractivity contribution is 0.277. The number of nitrogens with one attached hydrogen (secondary N) is 2. The Hall–Kier alpha value is -3.16. The molecule has 0 spiro atoms. The van der Waals surface area contributed by atoms with Crippen LogP contribution in [-0.2, 0) is 15.8 Å². The predicted molar refractivity (Wildman–Crippen MR) is 130 cm³/mol. The number of nitrogens with zero attached hydrogens (tertiary/aromatic N) is 4. The number of pyridine rings is 1. The van der Waals surface area contributed by atoms with E-state index in [0.717, 1.165) is 38.5 Å². The van der Waals surface area contributed by atoms with Gasteiger partial charge in [-0.05, 0) is 49.4 Å². The number of hydrogen-bond donors (Lipinski definition) is 2. The standard InChI is InChI=1S/C24H28N6O3S/c25-15-18-5-1-2-6-20(18)30-21-11-12-26-24(31)22(21)23(28-30)27-19-9-7-17(8-10-19)16-34(32,33)29-13-3-4-14-29/h7-12,18,20H,1-6,13-14,16H2,(H,26,31)(H,27,28). The van der Waals surface area contributed by atoms with Crippen molar-refractivity contribution < 1.29 is 8.42 Å². The molecule has 10 heteroatoms. The summed E-state index contributed by atoms with van der Waals surface area (Å²) in [5, 5.41) is 18.1. The van der Waals surface area contributed by atoms with Gasteiger partial charge in [-0.15, -0.1) is 0 Å². The van der Waals surface area contributed by atoms with Crippen LogP contribution in [0.4, 0.5) is 11.5 Å². The van der Waals surface area contributed by atoms with E-state index in [-0.39, 0.29) is 23.3 Å². The Balaban J connectivity index is 1.42. The zero-order valence-corrected chi connectivity index (χ0v) is 19.7. The van der Waals surface area contributed by atoms with Crippen molar-refractivity contribution >= 4 is 32.4 Å². The van der Waals surface area contributed by atoms with E-state index in [9.17, 15) is 18.5 Å². The van der Waals surface area contributed by atoms with Crippen LogP contribution in [0.2, 0.25) is 0 Å². The van der Waals surface area contributed by atoms with Crippen LogP contribution in [0.1, 0.15) is 50.1 Å². The summed E-state index contributed by atoms with van der Waals surface area (Å²) < 4.78 is 28.6. The van der Waals surface area contributed by atoms with Gasteiger partial charge < -0.3 is 10.3 Å². The minimum atomic E-state index is -3.31. The van der Waals surface area contributed by atoms with Gasteiger partial charge in [-0.25, -0.2) is 12.7 Å². The summed E-state index contributed by atoms with van der Waals surface area (Å²) in [6, 6.07) is 11.3. The van der Waals surface area contributed by atoms with Gasteiger partial charge in [0, 0.05) is 25.0 Å². The van der Waals surface area contributed by atoms with Crippen molar-refractivity contribution in [3.8, 4) is 6.07 Å². The van der Waals surface area contributed by atoms with Crippen LogP contribution in [0.15, 0.2) is 41.3 Å². The second-order valence-corrected chi connectivity index (χ2v) is 11.1. The molecule has 0 bridgehead atoms. The highest BCUT2D eigenvalue weighted by atomic mass is 32.2. The van der Waals surface area contributed by atoms with E-state index in [1.807, 2.05) is 10.7 Å². The maximum Gasteiger partial charge on any atom is 0.261 e. The van der Waals surface area contributed by atoms with E-state index < -0.39 is 10.0 Å². The lowest BCUT2D eigenvalue weighted by Crippen LogP contribution is -2.29. The van der Waals surface area contributed by atoms with Crippen molar-refractivity contribution in [3.05, 3.63) is 52.4 Å². The quantitative estimate of drug-likeness (QED) is 0.555. The lowest BCUT2D eigenvalue weighted by Gasteiger charge is -2.27. The predicted octanol–water partition coefficient (Wildman–Crippen LogP) is 3.65. The van der Waals surface area contributed by atoms with E-state index in [1.54, 1.807) is 34.8 Å². The minimum Gasteiger partial charge on any atom is -0.338 e. The highest BCUT2D eigenvalue weighted by Gasteiger charge is 2.30. The molecule has 3 aromatic rings. The molecule has 5 rings (SSSR count). The third-order valence-electron chi connectivity index (χ3n) is 6.86. The summed E-state index contributed by atoms with van der Waals surface area (Å²) in [7, 11) is -3.31. The van der Waals surface area contributed by atoms with Crippen LogP contribution in [0.5, 0.6) is 0 Å². The Bertz CT molecular complexity index is 1380. The van der Waals surface area contributed by atoms with Crippen molar-refractivity contribution in [1.29, 1.82) is 5.26 Å². The second-order valence-electron chi connectivity index (χ2n) is 9.13. The molecule has 2 atom stereocenters. The Morgan fingerprint density at radius 2 is 1.82 bits per heavy atom. The number of sulfonamides is 1. The fourth-order valence-corrected chi connectivity index (χ4v) is 6.69. The van der Waals surface area contributed by atoms with E-state index in [0.29, 0.717) is 41.1 Å². The van der Waals surface area contributed by atoms with Crippen LogP contribution < -0.4 is 10.9 Å². The van der Waals surface area contributed by atoms with Crippen LogP contribution >= 0.6 is 0 Å². The monoisotopic (exact) mass is 480 g/mol. The number of anilines is 2. The van der Waals surface area contributed by atoms with Crippen molar-refractivity contribution in [2.24, 2.45) is 5.92 Å². The van der Waals surface area contributed by atoms with Gasteiger partial charge in [-0.1, -0.05) is 25.0 Å². The molecule has 34 heavy (non-hydrogen) atoms. The van der Waals surface area contributed by atoms with Gasteiger partial charge in [0.15, 0.2) is 5.82 Å². The fourth-order valence-electron chi connectivity index (χ4n) is 5.08. The number of benzene rings is 1. The molecule has 2 aliphatic rings. The molecule has 9 nitrogen and oxygen atoms in total. The van der Waals surface area contributed by atoms with E-state index in [4.69, 9.17) is 5.10 Å². The first-order valence-corrected chi connectivity index (χ1v) is 13.4. The molecule has 2 fully saturated rings. The average molecular weight is 481 g/mol. The third-order valence-corrected chi connectivity index (χ3v) is 8.71. The Morgan fingerprint density at radius 3 is 2.56 bits per heavy atom. The lowest BCUT2D eigenvalue weighted by atomic mass is 9.85. The Morgan fingerprint density at radius 1 is 1.09 bits per heavy atom. The van der Waals surface area contributed by atoms with Crippen molar-refractivity contribution in [2.75, 3.05) is 18.4 Å². The summed E-state index contributed by atoms with van der Waals surface area (Å²) in [6.45, 7) is 1.19. The number of rotatable bonds is 6. The number of hydrogen-bond acceptors (Lipinski definition) is 6. The van der Waals surface area contributed by atoms with Gasteiger partial charge >= 0.3 is 0 Å². The number of fused-ring (bicyclic) bond motifs is 1. The van der Waals surface area contributed by atoms with Gasteiger partial charge in [-0.2, -0.15) is 10.4 Å². The zero-order chi connectivity index (χ0) is 23.7. The molecular formula is C24H28N6O3S. The Kier molecular flexibility index (Phi) is 6.15. The average Bonchev–Trinajstić information content (AvgIpc) is 3.50. The van der Waals surface area contributed by atoms with E-state index >= 15 is 0 Å². The third kappa shape index (κ3) is 4.33. The summed E-state index contributed by atoms with van der Waals surface area (Å²) in [5.74, 6) is 0.263. The molecule has 1 aromatic carbocycles. The zero-order valence-electron chi connectivity index (χ0n) is 18.9. The summed E-state index contributed by atoms with van der Waals surface area (Å²) >= 11 is 0. The number of nitriles is 1. The summed E-state index contributed by atoms with van der Waals surface area (Å²) in [5.41, 5.74) is 1.87. The smallest absolute Gasteiger partial charge is 0.261 e. The molecule has 1 saturated heterocycles. The molecular weight excluding hydrogens is 452 g/mol. The van der Waals surface area contributed by atoms with Crippen molar-refractivity contribution in [3.63, 3.8) is 0 Å². The number of aromatic amines is 1. The largest absolute Gasteiger partial charge is 0.338 e.